The molecular weight excluding hydrogens is 382 g/mol. The lowest BCUT2D eigenvalue weighted by Crippen LogP contribution is -2.18. The van der Waals surface area contributed by atoms with Gasteiger partial charge in [0.05, 0.1) is 5.69 Å². The van der Waals surface area contributed by atoms with Crippen LogP contribution in [0.1, 0.15) is 28.8 Å². The number of pyridine rings is 1. The number of carbonyl (C=O) groups is 1. The lowest BCUT2D eigenvalue weighted by molar-refractivity contribution is 0.103. The number of ketones is 1. The van der Waals surface area contributed by atoms with Crippen LogP contribution in [0, 0.1) is 0 Å². The van der Waals surface area contributed by atoms with Crippen molar-refractivity contribution >= 4 is 27.7 Å². The number of rotatable bonds is 5. The highest BCUT2D eigenvalue weighted by Crippen LogP contribution is 2.27. The van der Waals surface area contributed by atoms with E-state index in [1.54, 1.807) is 24.4 Å². The molecule has 0 atom stereocenters. The molecule has 0 bridgehead atoms. The van der Waals surface area contributed by atoms with E-state index in [2.05, 4.69) is 31.1 Å². The van der Waals surface area contributed by atoms with Crippen molar-refractivity contribution in [2.75, 3.05) is 19.0 Å². The van der Waals surface area contributed by atoms with Crippen LogP contribution in [0.4, 0.5) is 5.95 Å². The van der Waals surface area contributed by atoms with Crippen molar-refractivity contribution in [2.45, 2.75) is 13.3 Å². The van der Waals surface area contributed by atoms with E-state index in [-0.39, 0.29) is 5.78 Å². The number of anilines is 1. The molecule has 2 heterocycles. The van der Waals surface area contributed by atoms with E-state index in [1.807, 2.05) is 48.7 Å². The maximum absolute atomic E-state index is 13.0. The summed E-state index contributed by atoms with van der Waals surface area (Å²) in [5, 5.41) is 8.52. The Bertz CT molecular complexity index is 905. The number of benzene rings is 1. The fraction of sp³-hybridized carbons (Fsp3) is 0.222. The molecule has 0 spiro atoms. The Morgan fingerprint density at radius 2 is 2.00 bits per heavy atom. The average Bonchev–Trinajstić information content (AvgIpc) is 3.06. The van der Waals surface area contributed by atoms with Crippen LogP contribution >= 0.6 is 15.9 Å². The van der Waals surface area contributed by atoms with Crippen molar-refractivity contribution in [1.29, 1.82) is 0 Å². The van der Waals surface area contributed by atoms with Gasteiger partial charge in [-0.15, -0.1) is 10.2 Å². The van der Waals surface area contributed by atoms with E-state index in [0.29, 0.717) is 23.6 Å². The van der Waals surface area contributed by atoms with Crippen LogP contribution in [0.25, 0.3) is 5.69 Å². The highest BCUT2D eigenvalue weighted by molar-refractivity contribution is 9.10. The van der Waals surface area contributed by atoms with Gasteiger partial charge in [-0.1, -0.05) is 28.9 Å². The molecule has 0 aliphatic heterocycles. The Balaban J connectivity index is 2.23. The summed E-state index contributed by atoms with van der Waals surface area (Å²) >= 11 is 3.46. The first-order valence-corrected chi connectivity index (χ1v) is 8.69. The summed E-state index contributed by atoms with van der Waals surface area (Å²) in [5.74, 6) is 1.33. The number of hydrogen-bond acceptors (Lipinski definition) is 5. The Labute approximate surface area is 154 Å². The predicted molar refractivity (Wildman–Crippen MR) is 100 cm³/mol. The number of halogens is 1. The maximum Gasteiger partial charge on any atom is 0.231 e. The summed E-state index contributed by atoms with van der Waals surface area (Å²) < 4.78 is 2.75. The first-order valence-electron chi connectivity index (χ1n) is 7.90. The second kappa shape index (κ2) is 7.14. The monoisotopic (exact) mass is 399 g/mol. The molecule has 0 saturated carbocycles. The Morgan fingerprint density at radius 1 is 1.20 bits per heavy atom. The summed E-state index contributed by atoms with van der Waals surface area (Å²) in [6, 6.07) is 10.9. The van der Waals surface area contributed by atoms with E-state index in [0.717, 1.165) is 16.0 Å². The molecule has 128 valence electrons. The third-order valence-corrected chi connectivity index (χ3v) is 4.26. The van der Waals surface area contributed by atoms with Crippen molar-refractivity contribution in [3.05, 3.63) is 64.1 Å². The van der Waals surface area contributed by atoms with Gasteiger partial charge in [0.25, 0.3) is 0 Å². The van der Waals surface area contributed by atoms with Gasteiger partial charge in [-0.05, 0) is 30.3 Å². The standard InChI is InChI=1S/C18H18BrN5O/c1-4-16-21-22-18(23(2)3)24(16)15-9-8-12(19)11-13(15)17(25)14-7-5-6-10-20-14/h5-11H,4H2,1-3H3. The van der Waals surface area contributed by atoms with Crippen molar-refractivity contribution in [3.63, 3.8) is 0 Å². The van der Waals surface area contributed by atoms with Crippen LogP contribution in [0.2, 0.25) is 0 Å². The van der Waals surface area contributed by atoms with E-state index in [4.69, 9.17) is 0 Å². The molecular formula is C18H18BrN5O. The van der Waals surface area contributed by atoms with Gasteiger partial charge in [-0.2, -0.15) is 0 Å². The Hall–Kier alpha value is -2.54. The van der Waals surface area contributed by atoms with E-state index in [9.17, 15) is 4.79 Å². The quantitative estimate of drug-likeness (QED) is 0.615. The van der Waals surface area contributed by atoms with Gasteiger partial charge in [0.2, 0.25) is 11.7 Å². The van der Waals surface area contributed by atoms with Crippen molar-refractivity contribution < 1.29 is 4.79 Å². The lowest BCUT2D eigenvalue weighted by Gasteiger charge is -2.17. The number of nitrogens with zero attached hydrogens (tertiary/aromatic N) is 5. The molecule has 0 radical (unpaired) electrons. The molecule has 0 N–H and O–H groups in total. The van der Waals surface area contributed by atoms with E-state index >= 15 is 0 Å². The van der Waals surface area contributed by atoms with Gasteiger partial charge in [-0.25, -0.2) is 0 Å². The normalized spacial score (nSPS) is 10.7. The molecule has 0 unspecified atom stereocenters. The zero-order valence-electron chi connectivity index (χ0n) is 14.3. The topological polar surface area (TPSA) is 63.9 Å². The first kappa shape index (κ1) is 17.3. The van der Waals surface area contributed by atoms with Crippen LogP contribution in [-0.2, 0) is 6.42 Å². The predicted octanol–water partition coefficient (Wildman–Crippen LogP) is 3.28. The highest BCUT2D eigenvalue weighted by atomic mass is 79.9. The molecule has 3 aromatic rings. The van der Waals surface area contributed by atoms with Crippen LogP contribution in [0.3, 0.4) is 0 Å². The third-order valence-electron chi connectivity index (χ3n) is 3.77. The van der Waals surface area contributed by atoms with E-state index in [1.165, 1.54) is 0 Å². The second-order valence-electron chi connectivity index (χ2n) is 5.71. The molecule has 0 saturated heterocycles. The zero-order chi connectivity index (χ0) is 18.0. The third kappa shape index (κ3) is 3.32. The van der Waals surface area contributed by atoms with Gasteiger partial charge in [0, 0.05) is 36.7 Å². The summed E-state index contributed by atoms with van der Waals surface area (Å²) in [6.45, 7) is 2.01. The molecule has 0 fully saturated rings. The number of hydrogen-bond donors (Lipinski definition) is 0. The van der Waals surface area contributed by atoms with E-state index < -0.39 is 0 Å². The number of aryl methyl sites for hydroxylation is 1. The van der Waals surface area contributed by atoms with Crippen molar-refractivity contribution in [2.24, 2.45) is 0 Å². The smallest absolute Gasteiger partial charge is 0.231 e. The van der Waals surface area contributed by atoms with Crippen LogP contribution in [0.15, 0.2) is 47.1 Å². The lowest BCUT2D eigenvalue weighted by atomic mass is 10.0. The SMILES string of the molecule is CCc1nnc(N(C)C)n1-c1ccc(Br)cc1C(=O)c1ccccn1. The van der Waals surface area contributed by atoms with Gasteiger partial charge in [0.15, 0.2) is 0 Å². The van der Waals surface area contributed by atoms with Crippen molar-refractivity contribution in [3.8, 4) is 5.69 Å². The molecule has 2 aromatic heterocycles. The molecule has 1 aromatic carbocycles. The zero-order valence-corrected chi connectivity index (χ0v) is 15.9. The summed E-state index contributed by atoms with van der Waals surface area (Å²) in [7, 11) is 3.80. The van der Waals surface area contributed by atoms with Gasteiger partial charge >= 0.3 is 0 Å². The van der Waals surface area contributed by atoms with Crippen molar-refractivity contribution in [1.82, 2.24) is 19.7 Å². The fourth-order valence-electron chi connectivity index (χ4n) is 2.59. The van der Waals surface area contributed by atoms with Gasteiger partial charge in [0.1, 0.15) is 11.5 Å². The minimum Gasteiger partial charge on any atom is -0.347 e. The molecule has 7 heteroatoms. The Morgan fingerprint density at radius 3 is 2.64 bits per heavy atom. The number of aromatic nitrogens is 4. The van der Waals surface area contributed by atoms with Gasteiger partial charge < -0.3 is 4.90 Å². The average molecular weight is 400 g/mol. The first-order chi connectivity index (χ1) is 12.0. The summed E-state index contributed by atoms with van der Waals surface area (Å²) in [4.78, 5) is 19.1. The molecule has 25 heavy (non-hydrogen) atoms. The molecule has 0 aliphatic rings. The molecule has 0 aliphatic carbocycles. The van der Waals surface area contributed by atoms with Crippen LogP contribution in [-0.4, -0.2) is 39.6 Å². The molecule has 3 rings (SSSR count). The summed E-state index contributed by atoms with van der Waals surface area (Å²) in [5.41, 5.74) is 1.69. The van der Waals surface area contributed by atoms with Crippen LogP contribution < -0.4 is 4.90 Å². The molecule has 0 amide bonds. The maximum atomic E-state index is 13.0. The summed E-state index contributed by atoms with van der Waals surface area (Å²) in [6.07, 6.45) is 2.32. The number of carbonyl (C=O) groups excluding carboxylic acids is 1. The van der Waals surface area contributed by atoms with Crippen LogP contribution in [0.5, 0.6) is 0 Å². The van der Waals surface area contributed by atoms with Gasteiger partial charge in [-0.3, -0.25) is 14.3 Å². The highest BCUT2D eigenvalue weighted by Gasteiger charge is 2.21. The fourth-order valence-corrected chi connectivity index (χ4v) is 2.95. The Kier molecular flexibility index (Phi) is 4.94. The minimum absolute atomic E-state index is 0.141. The largest absolute Gasteiger partial charge is 0.347 e. The molecule has 6 nitrogen and oxygen atoms in total. The second-order valence-corrected chi connectivity index (χ2v) is 6.62. The minimum atomic E-state index is -0.141.